The third-order valence-electron chi connectivity index (χ3n) is 3.68. The first-order valence-electron chi connectivity index (χ1n) is 7.76. The first-order chi connectivity index (χ1) is 12.1. The molecule has 0 radical (unpaired) electrons. The van der Waals surface area contributed by atoms with Crippen LogP contribution in [-0.2, 0) is 16.1 Å². The van der Waals surface area contributed by atoms with Crippen LogP contribution in [0.4, 0.5) is 0 Å². The SMILES string of the molecule is C[C@@H](OC(=O)c1sc2ccccc2c1Cl)C(=O)NCc1ccccc1. The summed E-state index contributed by atoms with van der Waals surface area (Å²) in [5, 5.41) is 3.92. The van der Waals surface area contributed by atoms with Crippen molar-refractivity contribution in [2.24, 2.45) is 0 Å². The number of ether oxygens (including phenoxy) is 1. The van der Waals surface area contributed by atoms with Crippen molar-refractivity contribution in [3.63, 3.8) is 0 Å². The van der Waals surface area contributed by atoms with Gasteiger partial charge >= 0.3 is 5.97 Å². The Morgan fingerprint density at radius 3 is 2.52 bits per heavy atom. The van der Waals surface area contributed by atoms with Crippen molar-refractivity contribution in [2.45, 2.75) is 19.6 Å². The van der Waals surface area contributed by atoms with Crippen molar-refractivity contribution < 1.29 is 14.3 Å². The summed E-state index contributed by atoms with van der Waals surface area (Å²) < 4.78 is 6.18. The molecule has 0 saturated carbocycles. The summed E-state index contributed by atoms with van der Waals surface area (Å²) in [5.74, 6) is -0.942. The minimum Gasteiger partial charge on any atom is -0.448 e. The Kier molecular flexibility index (Phi) is 5.36. The molecule has 0 bridgehead atoms. The summed E-state index contributed by atoms with van der Waals surface area (Å²) in [5.41, 5.74) is 0.974. The number of fused-ring (bicyclic) bond motifs is 1. The van der Waals surface area contributed by atoms with E-state index in [1.165, 1.54) is 11.3 Å². The van der Waals surface area contributed by atoms with E-state index in [1.807, 2.05) is 54.6 Å². The standard InChI is InChI=1S/C19H16ClNO3S/c1-12(18(22)21-11-13-7-3-2-4-8-13)24-19(23)17-16(20)14-9-5-6-10-15(14)25-17/h2-10,12H,11H2,1H3,(H,21,22)/t12-/m1/s1. The normalized spacial score (nSPS) is 11.9. The molecule has 0 fully saturated rings. The quantitative estimate of drug-likeness (QED) is 0.674. The van der Waals surface area contributed by atoms with Gasteiger partial charge in [0.05, 0.1) is 5.02 Å². The van der Waals surface area contributed by atoms with Gasteiger partial charge in [-0.3, -0.25) is 4.79 Å². The van der Waals surface area contributed by atoms with E-state index in [9.17, 15) is 9.59 Å². The number of esters is 1. The fraction of sp³-hybridized carbons (Fsp3) is 0.158. The van der Waals surface area contributed by atoms with Crippen LogP contribution in [0.5, 0.6) is 0 Å². The van der Waals surface area contributed by atoms with Crippen LogP contribution in [0.1, 0.15) is 22.2 Å². The topological polar surface area (TPSA) is 55.4 Å². The second-order valence-corrected chi connectivity index (χ2v) is 6.92. The highest BCUT2D eigenvalue weighted by Gasteiger charge is 2.23. The first-order valence-corrected chi connectivity index (χ1v) is 8.95. The lowest BCUT2D eigenvalue weighted by Gasteiger charge is -2.13. The zero-order valence-electron chi connectivity index (χ0n) is 13.5. The van der Waals surface area contributed by atoms with E-state index in [1.54, 1.807) is 6.92 Å². The molecule has 3 aromatic rings. The Labute approximate surface area is 154 Å². The third kappa shape index (κ3) is 4.00. The summed E-state index contributed by atoms with van der Waals surface area (Å²) >= 11 is 7.52. The van der Waals surface area contributed by atoms with Crippen LogP contribution in [0, 0.1) is 0 Å². The molecule has 0 aliphatic heterocycles. The Morgan fingerprint density at radius 1 is 1.12 bits per heavy atom. The maximum Gasteiger partial charge on any atom is 0.350 e. The van der Waals surface area contributed by atoms with E-state index in [4.69, 9.17) is 16.3 Å². The number of rotatable bonds is 5. The molecule has 1 aromatic heterocycles. The molecule has 0 aliphatic carbocycles. The predicted octanol–water partition coefficient (Wildman–Crippen LogP) is 4.42. The molecule has 1 atom stereocenters. The Bertz CT molecular complexity index is 907. The fourth-order valence-corrected chi connectivity index (χ4v) is 3.73. The number of halogens is 1. The van der Waals surface area contributed by atoms with Gasteiger partial charge in [0.2, 0.25) is 0 Å². The number of carbonyl (C=O) groups is 2. The van der Waals surface area contributed by atoms with Crippen molar-refractivity contribution in [2.75, 3.05) is 0 Å². The van der Waals surface area contributed by atoms with Crippen LogP contribution in [0.15, 0.2) is 54.6 Å². The highest BCUT2D eigenvalue weighted by molar-refractivity contribution is 7.21. The molecule has 1 amide bonds. The van der Waals surface area contributed by atoms with Crippen LogP contribution < -0.4 is 5.32 Å². The number of hydrogen-bond acceptors (Lipinski definition) is 4. The minimum atomic E-state index is -0.905. The molecule has 0 spiro atoms. The van der Waals surface area contributed by atoms with Crippen molar-refractivity contribution in [1.82, 2.24) is 5.32 Å². The average molecular weight is 374 g/mol. The number of nitrogens with one attached hydrogen (secondary N) is 1. The fourth-order valence-electron chi connectivity index (χ4n) is 2.34. The van der Waals surface area contributed by atoms with E-state index >= 15 is 0 Å². The van der Waals surface area contributed by atoms with Crippen LogP contribution in [-0.4, -0.2) is 18.0 Å². The average Bonchev–Trinajstić information content (AvgIpc) is 2.97. The van der Waals surface area contributed by atoms with Crippen molar-refractivity contribution in [1.29, 1.82) is 0 Å². The molecule has 0 unspecified atom stereocenters. The predicted molar refractivity (Wildman–Crippen MR) is 100 cm³/mol. The molecule has 1 heterocycles. The maximum atomic E-state index is 12.3. The number of hydrogen-bond donors (Lipinski definition) is 1. The zero-order valence-corrected chi connectivity index (χ0v) is 15.1. The molecule has 128 valence electrons. The van der Waals surface area contributed by atoms with Crippen molar-refractivity contribution in [3.8, 4) is 0 Å². The van der Waals surface area contributed by atoms with E-state index < -0.39 is 12.1 Å². The summed E-state index contributed by atoms with van der Waals surface area (Å²) in [4.78, 5) is 24.8. The van der Waals surface area contributed by atoms with Crippen LogP contribution >= 0.6 is 22.9 Å². The smallest absolute Gasteiger partial charge is 0.350 e. The number of benzene rings is 2. The summed E-state index contributed by atoms with van der Waals surface area (Å²) in [6.07, 6.45) is -0.905. The van der Waals surface area contributed by atoms with Gasteiger partial charge < -0.3 is 10.1 Å². The summed E-state index contributed by atoms with van der Waals surface area (Å²) in [6.45, 7) is 1.92. The number of carbonyl (C=O) groups excluding carboxylic acids is 2. The van der Waals surface area contributed by atoms with Gasteiger partial charge in [-0.25, -0.2) is 4.79 Å². The Balaban J connectivity index is 1.63. The minimum absolute atomic E-state index is 0.311. The van der Waals surface area contributed by atoms with Crippen LogP contribution in [0.25, 0.3) is 10.1 Å². The van der Waals surface area contributed by atoms with Crippen LogP contribution in [0.3, 0.4) is 0 Å². The van der Waals surface area contributed by atoms with Gasteiger partial charge in [0, 0.05) is 16.6 Å². The Hall–Kier alpha value is -2.37. The highest BCUT2D eigenvalue weighted by atomic mass is 35.5. The van der Waals surface area contributed by atoms with Gasteiger partial charge in [0.25, 0.3) is 5.91 Å². The van der Waals surface area contributed by atoms with Gasteiger partial charge in [-0.05, 0) is 18.6 Å². The molecule has 0 aliphatic rings. The highest BCUT2D eigenvalue weighted by Crippen LogP contribution is 2.35. The number of amides is 1. The lowest BCUT2D eigenvalue weighted by Crippen LogP contribution is -2.35. The van der Waals surface area contributed by atoms with E-state index in [0.717, 1.165) is 15.6 Å². The van der Waals surface area contributed by atoms with E-state index in [2.05, 4.69) is 5.32 Å². The van der Waals surface area contributed by atoms with E-state index in [-0.39, 0.29) is 5.91 Å². The zero-order chi connectivity index (χ0) is 17.8. The van der Waals surface area contributed by atoms with E-state index in [0.29, 0.717) is 16.4 Å². The maximum absolute atomic E-state index is 12.3. The summed E-state index contributed by atoms with van der Waals surface area (Å²) in [6, 6.07) is 17.0. The summed E-state index contributed by atoms with van der Waals surface area (Å²) in [7, 11) is 0. The monoisotopic (exact) mass is 373 g/mol. The number of thiophene rings is 1. The van der Waals surface area contributed by atoms with Gasteiger partial charge in [-0.15, -0.1) is 11.3 Å². The molecule has 3 rings (SSSR count). The largest absolute Gasteiger partial charge is 0.448 e. The molecule has 25 heavy (non-hydrogen) atoms. The van der Waals surface area contributed by atoms with Gasteiger partial charge in [-0.2, -0.15) is 0 Å². The molecule has 0 saturated heterocycles. The second-order valence-electron chi connectivity index (χ2n) is 5.49. The lowest BCUT2D eigenvalue weighted by molar-refractivity contribution is -0.129. The molecule has 2 aromatic carbocycles. The molecule has 6 heteroatoms. The molecular weight excluding hydrogens is 358 g/mol. The second kappa shape index (κ2) is 7.68. The third-order valence-corrected chi connectivity index (χ3v) is 5.34. The van der Waals surface area contributed by atoms with Crippen molar-refractivity contribution in [3.05, 3.63) is 70.1 Å². The Morgan fingerprint density at radius 2 is 1.80 bits per heavy atom. The van der Waals surface area contributed by atoms with Crippen molar-refractivity contribution >= 4 is 44.9 Å². The molecular formula is C19H16ClNO3S. The van der Waals surface area contributed by atoms with Gasteiger partial charge in [0.15, 0.2) is 6.10 Å². The lowest BCUT2D eigenvalue weighted by atomic mass is 10.2. The molecule has 4 nitrogen and oxygen atoms in total. The van der Waals surface area contributed by atoms with Gasteiger partial charge in [0.1, 0.15) is 4.88 Å². The van der Waals surface area contributed by atoms with Gasteiger partial charge in [-0.1, -0.05) is 60.1 Å². The molecule has 1 N–H and O–H groups in total. The van der Waals surface area contributed by atoms with Crippen LogP contribution in [0.2, 0.25) is 5.02 Å². The first kappa shape index (κ1) is 17.5.